The number of imide groups is 1. The molecular weight excluding hydrogens is 396 g/mol. The molecule has 2 N–H and O–H groups in total. The van der Waals surface area contributed by atoms with Crippen molar-refractivity contribution in [3.8, 4) is 0 Å². The molecule has 29 heavy (non-hydrogen) atoms. The zero-order valence-corrected chi connectivity index (χ0v) is 16.7. The molecule has 4 amide bonds. The van der Waals surface area contributed by atoms with Crippen molar-refractivity contribution >= 4 is 38.6 Å². The molecule has 154 valence electrons. The average Bonchev–Trinajstić information content (AvgIpc) is 3.33. The number of hydrogen-bond donors (Lipinski definition) is 2. The molecular formula is C19H22N4O5S. The van der Waals surface area contributed by atoms with Gasteiger partial charge >= 0.3 is 6.03 Å². The second kappa shape index (κ2) is 7.18. The third kappa shape index (κ3) is 3.71. The molecule has 0 unspecified atom stereocenters. The summed E-state index contributed by atoms with van der Waals surface area (Å²) < 4.78 is 23.3. The van der Waals surface area contributed by atoms with Gasteiger partial charge in [-0.05, 0) is 18.1 Å². The number of hydrogen-bond acceptors (Lipinski definition) is 5. The van der Waals surface area contributed by atoms with E-state index in [-0.39, 0.29) is 11.5 Å². The van der Waals surface area contributed by atoms with Crippen LogP contribution in [0, 0.1) is 0 Å². The van der Waals surface area contributed by atoms with Crippen molar-refractivity contribution in [2.45, 2.75) is 24.9 Å². The summed E-state index contributed by atoms with van der Waals surface area (Å²) in [5, 5.41) is 3.62. The molecule has 0 saturated carbocycles. The number of carbonyl (C=O) groups excluding carboxylic acids is 3. The number of urea groups is 1. The Balaban J connectivity index is 1.42. The van der Waals surface area contributed by atoms with Crippen LogP contribution in [0.15, 0.2) is 30.5 Å². The summed E-state index contributed by atoms with van der Waals surface area (Å²) in [6.45, 7) is -0.401. The third-order valence-electron chi connectivity index (χ3n) is 5.65. The Kier molecular flexibility index (Phi) is 4.81. The first-order valence-corrected chi connectivity index (χ1v) is 11.2. The van der Waals surface area contributed by atoms with Crippen molar-refractivity contribution in [2.75, 3.05) is 25.1 Å². The first-order chi connectivity index (χ1) is 13.7. The van der Waals surface area contributed by atoms with E-state index >= 15 is 0 Å². The molecule has 2 fully saturated rings. The van der Waals surface area contributed by atoms with Gasteiger partial charge in [-0.25, -0.2) is 13.2 Å². The second-order valence-corrected chi connectivity index (χ2v) is 9.78. The van der Waals surface area contributed by atoms with E-state index in [0.29, 0.717) is 12.8 Å². The Morgan fingerprint density at radius 2 is 2.03 bits per heavy atom. The molecule has 0 radical (unpaired) electrons. The van der Waals surface area contributed by atoms with Crippen molar-refractivity contribution < 1.29 is 22.8 Å². The number of nitrogens with zero attached hydrogens (tertiary/aromatic N) is 2. The van der Waals surface area contributed by atoms with Crippen LogP contribution in [0.1, 0.15) is 12.0 Å². The van der Waals surface area contributed by atoms with Crippen molar-refractivity contribution in [1.82, 2.24) is 20.1 Å². The van der Waals surface area contributed by atoms with Gasteiger partial charge in [-0.1, -0.05) is 18.2 Å². The summed E-state index contributed by atoms with van der Waals surface area (Å²) in [4.78, 5) is 42.9. The number of likely N-dealkylation sites (N-methyl/N-ethyl adjacent to an activating group) is 1. The maximum Gasteiger partial charge on any atom is 0.325 e. The fourth-order valence-corrected chi connectivity index (χ4v) is 5.69. The van der Waals surface area contributed by atoms with Crippen LogP contribution in [0.5, 0.6) is 0 Å². The number of para-hydroxylation sites is 1. The number of aromatic nitrogens is 1. The van der Waals surface area contributed by atoms with Gasteiger partial charge in [0.15, 0.2) is 9.84 Å². The van der Waals surface area contributed by atoms with E-state index in [9.17, 15) is 22.8 Å². The van der Waals surface area contributed by atoms with Gasteiger partial charge in [-0.15, -0.1) is 0 Å². The van der Waals surface area contributed by atoms with Crippen LogP contribution in [-0.4, -0.2) is 78.2 Å². The van der Waals surface area contributed by atoms with Crippen molar-refractivity contribution in [2.24, 2.45) is 0 Å². The van der Waals surface area contributed by atoms with Gasteiger partial charge in [0.1, 0.15) is 12.6 Å². The van der Waals surface area contributed by atoms with Gasteiger partial charge in [0.05, 0.1) is 11.5 Å². The number of nitrogens with one attached hydrogen (secondary N) is 2. The van der Waals surface area contributed by atoms with Crippen LogP contribution in [0.25, 0.3) is 10.9 Å². The number of benzene rings is 1. The van der Waals surface area contributed by atoms with Gasteiger partial charge in [-0.3, -0.25) is 14.5 Å². The topological polar surface area (TPSA) is 120 Å². The largest absolute Gasteiger partial charge is 0.361 e. The Bertz CT molecular complexity index is 1090. The van der Waals surface area contributed by atoms with E-state index < -0.39 is 46.3 Å². The normalized spacial score (nSPS) is 23.6. The van der Waals surface area contributed by atoms with Crippen molar-refractivity contribution in [1.29, 1.82) is 0 Å². The van der Waals surface area contributed by atoms with Gasteiger partial charge in [0, 0.05) is 36.6 Å². The Labute approximate surface area is 168 Å². The van der Waals surface area contributed by atoms with E-state index in [1.54, 1.807) is 0 Å². The molecule has 2 aliphatic rings. The van der Waals surface area contributed by atoms with Crippen molar-refractivity contribution in [3.63, 3.8) is 0 Å². The Morgan fingerprint density at radius 1 is 1.28 bits per heavy atom. The fraction of sp³-hybridized carbons (Fsp3) is 0.421. The molecule has 2 saturated heterocycles. The highest BCUT2D eigenvalue weighted by Crippen LogP contribution is 2.22. The lowest BCUT2D eigenvalue weighted by Crippen LogP contribution is -2.46. The molecule has 3 heterocycles. The van der Waals surface area contributed by atoms with E-state index in [2.05, 4.69) is 10.3 Å². The Morgan fingerprint density at radius 3 is 2.76 bits per heavy atom. The minimum atomic E-state index is -3.14. The second-order valence-electron chi connectivity index (χ2n) is 7.55. The monoisotopic (exact) mass is 418 g/mol. The fourth-order valence-electron chi connectivity index (χ4n) is 3.92. The summed E-state index contributed by atoms with van der Waals surface area (Å²) in [5.74, 6) is -0.951. The van der Waals surface area contributed by atoms with E-state index in [1.165, 1.54) is 11.9 Å². The van der Waals surface area contributed by atoms with Crippen LogP contribution in [0.3, 0.4) is 0 Å². The molecule has 2 aliphatic heterocycles. The smallest absolute Gasteiger partial charge is 0.325 e. The SMILES string of the molecule is CN(C(=O)CN1C(=O)N[C@@H](Cc2c[nH]c3ccccc23)C1=O)[C@@H]1CCS(=O)(=O)C1. The predicted octanol–water partition coefficient (Wildman–Crippen LogP) is 0.276. The molecule has 9 nitrogen and oxygen atoms in total. The lowest BCUT2D eigenvalue weighted by atomic mass is 10.1. The predicted molar refractivity (Wildman–Crippen MR) is 106 cm³/mol. The van der Waals surface area contributed by atoms with Crippen LogP contribution >= 0.6 is 0 Å². The van der Waals surface area contributed by atoms with Gasteiger partial charge in [0.25, 0.3) is 5.91 Å². The molecule has 0 spiro atoms. The summed E-state index contributed by atoms with van der Waals surface area (Å²) in [5.41, 5.74) is 1.85. The van der Waals surface area contributed by atoms with Gasteiger partial charge < -0.3 is 15.2 Å². The van der Waals surface area contributed by atoms with Crippen molar-refractivity contribution in [3.05, 3.63) is 36.0 Å². The molecule has 0 aliphatic carbocycles. The molecule has 4 rings (SSSR count). The van der Waals surface area contributed by atoms with E-state index in [1.807, 2.05) is 30.5 Å². The maximum atomic E-state index is 12.7. The number of amides is 4. The molecule has 1 aromatic carbocycles. The summed E-state index contributed by atoms with van der Waals surface area (Å²) >= 11 is 0. The highest BCUT2D eigenvalue weighted by atomic mass is 32.2. The van der Waals surface area contributed by atoms with Crippen LogP contribution < -0.4 is 5.32 Å². The molecule has 0 bridgehead atoms. The van der Waals surface area contributed by atoms with Gasteiger partial charge in [-0.2, -0.15) is 0 Å². The zero-order valence-electron chi connectivity index (χ0n) is 15.9. The van der Waals surface area contributed by atoms with Crippen LogP contribution in [0.4, 0.5) is 4.79 Å². The maximum absolute atomic E-state index is 12.7. The molecule has 1 aromatic heterocycles. The van der Waals surface area contributed by atoms with E-state index in [4.69, 9.17) is 0 Å². The minimum Gasteiger partial charge on any atom is -0.361 e. The number of aromatic amines is 1. The third-order valence-corrected chi connectivity index (χ3v) is 7.40. The average molecular weight is 418 g/mol. The summed E-state index contributed by atoms with van der Waals surface area (Å²) in [7, 11) is -1.63. The summed E-state index contributed by atoms with van der Waals surface area (Å²) in [6.07, 6.45) is 2.50. The first kappa shape index (κ1) is 19.4. The van der Waals surface area contributed by atoms with E-state index in [0.717, 1.165) is 21.4 Å². The quantitative estimate of drug-likeness (QED) is 0.676. The molecule has 2 atom stereocenters. The minimum absolute atomic E-state index is 0.0467. The Hall–Kier alpha value is -2.88. The molecule has 2 aromatic rings. The number of H-pyrrole nitrogens is 1. The number of carbonyl (C=O) groups is 3. The van der Waals surface area contributed by atoms with Gasteiger partial charge in [0.2, 0.25) is 5.91 Å². The van der Waals surface area contributed by atoms with Crippen LogP contribution in [0.2, 0.25) is 0 Å². The first-order valence-electron chi connectivity index (χ1n) is 9.38. The standard InChI is InChI=1S/C19H22N4O5S/c1-22(13-6-7-29(27,28)11-13)17(24)10-23-18(25)16(21-19(23)26)8-12-9-20-15-5-3-2-4-14(12)15/h2-5,9,13,16,20H,6-8,10-11H2,1H3,(H,21,26)/t13-,16+/m1/s1. The lowest BCUT2D eigenvalue weighted by Gasteiger charge is -2.25. The number of fused-ring (bicyclic) bond motifs is 1. The molecule has 10 heteroatoms. The number of sulfone groups is 1. The highest BCUT2D eigenvalue weighted by molar-refractivity contribution is 7.91. The number of rotatable bonds is 5. The van der Waals surface area contributed by atoms with Crippen LogP contribution in [-0.2, 0) is 25.8 Å². The summed E-state index contributed by atoms with van der Waals surface area (Å²) in [6, 6.07) is 5.90. The lowest BCUT2D eigenvalue weighted by molar-refractivity contribution is -0.137. The highest BCUT2D eigenvalue weighted by Gasteiger charge is 2.41. The zero-order chi connectivity index (χ0) is 20.8.